The summed E-state index contributed by atoms with van der Waals surface area (Å²) >= 11 is 0. The summed E-state index contributed by atoms with van der Waals surface area (Å²) in [4.78, 5) is 4.71. The quantitative estimate of drug-likeness (QED) is 0.414. The van der Waals surface area contributed by atoms with Crippen LogP contribution in [0.3, 0.4) is 0 Å². The highest BCUT2D eigenvalue weighted by atomic mass is 16.5. The Kier molecular flexibility index (Phi) is 5.00. The first kappa shape index (κ1) is 17.9. The van der Waals surface area contributed by atoms with E-state index in [9.17, 15) is 0 Å². The molecule has 0 spiro atoms. The molecule has 144 valence electrons. The van der Waals surface area contributed by atoms with Gasteiger partial charge in [-0.15, -0.1) is 0 Å². The third kappa shape index (κ3) is 4.17. The Morgan fingerprint density at radius 3 is 2.62 bits per heavy atom. The Morgan fingerprint density at radius 2 is 1.69 bits per heavy atom. The number of para-hydroxylation sites is 1. The van der Waals surface area contributed by atoms with Crippen LogP contribution in [-0.4, -0.2) is 4.98 Å². The molecule has 2 heteroatoms. The van der Waals surface area contributed by atoms with Gasteiger partial charge in [0.15, 0.2) is 0 Å². The molecule has 0 unspecified atom stereocenters. The molecule has 0 amide bonds. The summed E-state index contributed by atoms with van der Waals surface area (Å²) in [6, 6.07) is 29.8. The van der Waals surface area contributed by atoms with E-state index in [0.717, 1.165) is 35.2 Å². The van der Waals surface area contributed by atoms with Crippen molar-refractivity contribution in [3.8, 4) is 5.75 Å². The van der Waals surface area contributed by atoms with Crippen LogP contribution in [0.1, 0.15) is 28.8 Å². The highest BCUT2D eigenvalue weighted by molar-refractivity contribution is 5.78. The lowest BCUT2D eigenvalue weighted by Gasteiger charge is -2.25. The van der Waals surface area contributed by atoms with Gasteiger partial charge in [-0.1, -0.05) is 60.7 Å². The van der Waals surface area contributed by atoms with Crippen molar-refractivity contribution in [2.45, 2.75) is 32.3 Å². The number of aromatic nitrogens is 1. The Labute approximate surface area is 172 Å². The number of nitrogens with zero attached hydrogens (tertiary/aromatic N) is 1. The van der Waals surface area contributed by atoms with Gasteiger partial charge in [-0.25, -0.2) is 4.98 Å². The number of fused-ring (bicyclic) bond motifs is 2. The van der Waals surface area contributed by atoms with Crippen molar-refractivity contribution >= 4 is 10.9 Å². The molecule has 1 aliphatic rings. The van der Waals surface area contributed by atoms with Gasteiger partial charge in [0.25, 0.3) is 0 Å². The molecule has 5 rings (SSSR count). The van der Waals surface area contributed by atoms with Crippen LogP contribution in [0.5, 0.6) is 5.75 Å². The Hall–Kier alpha value is -3.13. The van der Waals surface area contributed by atoms with E-state index in [-0.39, 0.29) is 0 Å². The van der Waals surface area contributed by atoms with Gasteiger partial charge in [-0.05, 0) is 72.6 Å². The fraction of sp³-hybridized carbons (Fsp3) is 0.222. The van der Waals surface area contributed by atoms with Crippen LogP contribution in [0.25, 0.3) is 10.9 Å². The molecule has 0 saturated heterocycles. The molecule has 1 atom stereocenters. The minimum Gasteiger partial charge on any atom is -0.487 e. The number of rotatable bonds is 5. The second-order valence-corrected chi connectivity index (χ2v) is 8.01. The van der Waals surface area contributed by atoms with Crippen molar-refractivity contribution in [2.24, 2.45) is 5.92 Å². The average molecular weight is 380 g/mol. The van der Waals surface area contributed by atoms with Crippen LogP contribution in [0.2, 0.25) is 0 Å². The Bertz CT molecular complexity index is 1120. The molecular weight excluding hydrogens is 354 g/mol. The van der Waals surface area contributed by atoms with Crippen LogP contribution < -0.4 is 4.74 Å². The average Bonchev–Trinajstić information content (AvgIpc) is 2.78. The molecular formula is C27H25NO. The fourth-order valence-electron chi connectivity index (χ4n) is 4.37. The lowest BCUT2D eigenvalue weighted by Crippen LogP contribution is -2.16. The maximum Gasteiger partial charge on any atom is 0.130 e. The molecule has 4 aromatic rings. The van der Waals surface area contributed by atoms with Crippen LogP contribution in [-0.2, 0) is 25.9 Å². The zero-order chi connectivity index (χ0) is 19.5. The number of benzene rings is 3. The maximum absolute atomic E-state index is 6.10. The van der Waals surface area contributed by atoms with Gasteiger partial charge < -0.3 is 4.74 Å². The van der Waals surface area contributed by atoms with Gasteiger partial charge in [-0.2, -0.15) is 0 Å². The maximum atomic E-state index is 6.10. The number of pyridine rings is 1. The molecule has 0 radical (unpaired) electrons. The first-order valence-corrected chi connectivity index (χ1v) is 10.5. The van der Waals surface area contributed by atoms with Crippen molar-refractivity contribution in [2.75, 3.05) is 0 Å². The predicted molar refractivity (Wildman–Crippen MR) is 118 cm³/mol. The molecule has 2 nitrogen and oxygen atoms in total. The zero-order valence-corrected chi connectivity index (χ0v) is 16.6. The number of hydrogen-bond donors (Lipinski definition) is 0. The summed E-state index contributed by atoms with van der Waals surface area (Å²) in [5.41, 5.74) is 6.34. The monoisotopic (exact) mass is 379 g/mol. The lowest BCUT2D eigenvalue weighted by molar-refractivity contribution is 0.301. The van der Waals surface area contributed by atoms with E-state index in [1.807, 2.05) is 18.2 Å². The largest absolute Gasteiger partial charge is 0.487 e. The van der Waals surface area contributed by atoms with Gasteiger partial charge in [0.2, 0.25) is 0 Å². The van der Waals surface area contributed by atoms with Gasteiger partial charge in [0, 0.05) is 5.39 Å². The smallest absolute Gasteiger partial charge is 0.130 e. The van der Waals surface area contributed by atoms with E-state index in [4.69, 9.17) is 9.72 Å². The van der Waals surface area contributed by atoms with E-state index in [0.29, 0.717) is 12.5 Å². The van der Waals surface area contributed by atoms with E-state index >= 15 is 0 Å². The normalized spacial score (nSPS) is 15.8. The Morgan fingerprint density at radius 1 is 0.828 bits per heavy atom. The highest BCUT2D eigenvalue weighted by Crippen LogP contribution is 2.30. The number of ether oxygens (including phenoxy) is 1. The van der Waals surface area contributed by atoms with Crippen molar-refractivity contribution in [3.05, 3.63) is 107 Å². The van der Waals surface area contributed by atoms with Crippen LogP contribution in [0.15, 0.2) is 84.9 Å². The summed E-state index contributed by atoms with van der Waals surface area (Å²) in [5, 5.41) is 1.16. The summed E-state index contributed by atoms with van der Waals surface area (Å²) in [6.07, 6.45) is 4.73. The molecule has 1 heterocycles. The molecule has 1 aromatic heterocycles. The number of hydrogen-bond acceptors (Lipinski definition) is 2. The molecule has 0 aliphatic heterocycles. The van der Waals surface area contributed by atoms with E-state index in [1.165, 1.54) is 29.5 Å². The first-order chi connectivity index (χ1) is 14.3. The summed E-state index contributed by atoms with van der Waals surface area (Å²) in [5.74, 6) is 1.65. The molecule has 0 fully saturated rings. The van der Waals surface area contributed by atoms with Crippen molar-refractivity contribution in [1.29, 1.82) is 0 Å². The van der Waals surface area contributed by atoms with E-state index < -0.39 is 0 Å². The van der Waals surface area contributed by atoms with Crippen molar-refractivity contribution in [3.63, 3.8) is 0 Å². The van der Waals surface area contributed by atoms with Crippen LogP contribution in [0, 0.1) is 5.92 Å². The van der Waals surface area contributed by atoms with Gasteiger partial charge in [0.05, 0.1) is 11.2 Å². The Balaban J connectivity index is 1.27. The lowest BCUT2D eigenvalue weighted by atomic mass is 9.81. The third-order valence-corrected chi connectivity index (χ3v) is 5.92. The molecule has 0 bridgehead atoms. The highest BCUT2D eigenvalue weighted by Gasteiger charge is 2.19. The minimum absolute atomic E-state index is 0.497. The SMILES string of the molecule is c1ccc(C[C@@H]2CCc3ccc(OCc4ccc5ccccc5n4)cc3C2)cc1. The summed E-state index contributed by atoms with van der Waals surface area (Å²) in [7, 11) is 0. The minimum atomic E-state index is 0.497. The van der Waals surface area contributed by atoms with Gasteiger partial charge in [0.1, 0.15) is 12.4 Å². The van der Waals surface area contributed by atoms with Crippen LogP contribution in [0.4, 0.5) is 0 Å². The van der Waals surface area contributed by atoms with E-state index in [2.05, 4.69) is 66.7 Å². The molecule has 0 N–H and O–H groups in total. The standard InChI is InChI=1S/C27H25NO/c1-2-6-20(7-3-1)16-21-10-11-22-13-15-26(18-24(22)17-21)29-19-25-14-12-23-8-4-5-9-27(23)28-25/h1-9,12-15,18,21H,10-11,16-17,19H2/t21-/m0/s1. The first-order valence-electron chi connectivity index (χ1n) is 10.5. The fourth-order valence-corrected chi connectivity index (χ4v) is 4.37. The third-order valence-electron chi connectivity index (χ3n) is 5.92. The zero-order valence-electron chi connectivity index (χ0n) is 16.6. The van der Waals surface area contributed by atoms with Crippen molar-refractivity contribution < 1.29 is 4.74 Å². The summed E-state index contributed by atoms with van der Waals surface area (Å²) < 4.78 is 6.10. The van der Waals surface area contributed by atoms with Gasteiger partial charge in [-0.3, -0.25) is 0 Å². The summed E-state index contributed by atoms with van der Waals surface area (Å²) in [6.45, 7) is 0.497. The second-order valence-electron chi connectivity index (χ2n) is 8.01. The topological polar surface area (TPSA) is 22.1 Å². The molecule has 29 heavy (non-hydrogen) atoms. The number of aryl methyl sites for hydroxylation is 1. The van der Waals surface area contributed by atoms with Crippen LogP contribution >= 0.6 is 0 Å². The molecule has 3 aromatic carbocycles. The van der Waals surface area contributed by atoms with Crippen molar-refractivity contribution in [1.82, 2.24) is 4.98 Å². The van der Waals surface area contributed by atoms with E-state index in [1.54, 1.807) is 0 Å². The van der Waals surface area contributed by atoms with Gasteiger partial charge >= 0.3 is 0 Å². The molecule has 1 aliphatic carbocycles. The molecule has 0 saturated carbocycles. The second kappa shape index (κ2) is 8.08. The predicted octanol–water partition coefficient (Wildman–Crippen LogP) is 6.16.